The van der Waals surface area contributed by atoms with Crippen LogP contribution in [0.3, 0.4) is 0 Å². The lowest BCUT2D eigenvalue weighted by molar-refractivity contribution is -0.385. The van der Waals surface area contributed by atoms with Crippen molar-refractivity contribution in [2.24, 2.45) is 11.7 Å². The summed E-state index contributed by atoms with van der Waals surface area (Å²) in [4.78, 5) is 23.0. The van der Waals surface area contributed by atoms with Gasteiger partial charge in [0.05, 0.1) is 4.92 Å². The lowest BCUT2D eigenvalue weighted by atomic mass is 9.84. The monoisotopic (exact) mass is 405 g/mol. The van der Waals surface area contributed by atoms with E-state index in [-0.39, 0.29) is 29.7 Å². The molecule has 0 radical (unpaired) electrons. The summed E-state index contributed by atoms with van der Waals surface area (Å²) in [6.45, 7) is 0.348. The fraction of sp³-hybridized carbons (Fsp3) is 0.533. The number of amides is 1. The van der Waals surface area contributed by atoms with E-state index in [1.807, 2.05) is 0 Å². The van der Waals surface area contributed by atoms with Gasteiger partial charge in [0.15, 0.2) is 0 Å². The van der Waals surface area contributed by atoms with Gasteiger partial charge in [0, 0.05) is 23.1 Å². The standard InChI is InChI=1S/C15H20BrN3O3.ClH/c16-11-6-7-12(14(8-11)19(21)22)15(20)18-13(9-17)10-4-2-1-3-5-10;/h6-8,10,13H,1-5,9,17H2,(H,18,20);1H. The molecule has 1 atom stereocenters. The number of rotatable bonds is 5. The fourth-order valence-electron chi connectivity index (χ4n) is 3.00. The number of halogens is 2. The first-order valence-electron chi connectivity index (χ1n) is 7.47. The molecule has 0 aliphatic heterocycles. The van der Waals surface area contributed by atoms with Gasteiger partial charge in [0.1, 0.15) is 5.56 Å². The van der Waals surface area contributed by atoms with Gasteiger partial charge in [-0.05, 0) is 30.9 Å². The molecule has 1 aliphatic rings. The molecule has 1 saturated carbocycles. The third-order valence-corrected chi connectivity index (χ3v) is 4.68. The minimum Gasteiger partial charge on any atom is -0.348 e. The summed E-state index contributed by atoms with van der Waals surface area (Å²) >= 11 is 3.18. The van der Waals surface area contributed by atoms with Crippen molar-refractivity contribution in [2.45, 2.75) is 38.1 Å². The van der Waals surface area contributed by atoms with E-state index in [1.54, 1.807) is 6.07 Å². The van der Waals surface area contributed by atoms with Crippen molar-refractivity contribution in [2.75, 3.05) is 6.54 Å². The fourth-order valence-corrected chi connectivity index (χ4v) is 3.35. The van der Waals surface area contributed by atoms with Gasteiger partial charge in [0.25, 0.3) is 11.6 Å². The zero-order chi connectivity index (χ0) is 16.1. The molecule has 0 saturated heterocycles. The molecule has 6 nitrogen and oxygen atoms in total. The lowest BCUT2D eigenvalue weighted by Gasteiger charge is -2.30. The lowest BCUT2D eigenvalue weighted by Crippen LogP contribution is -2.46. The van der Waals surface area contributed by atoms with Gasteiger partial charge in [-0.25, -0.2) is 0 Å². The molecule has 0 heterocycles. The first-order chi connectivity index (χ1) is 10.5. The van der Waals surface area contributed by atoms with Crippen molar-refractivity contribution in [1.82, 2.24) is 5.32 Å². The molecule has 1 aliphatic carbocycles. The summed E-state index contributed by atoms with van der Waals surface area (Å²) < 4.78 is 0.568. The van der Waals surface area contributed by atoms with Gasteiger partial charge in [0.2, 0.25) is 0 Å². The van der Waals surface area contributed by atoms with Crippen LogP contribution in [-0.2, 0) is 0 Å². The number of carbonyl (C=O) groups excluding carboxylic acids is 1. The Kier molecular flexibility index (Phi) is 7.94. The number of nitrogens with two attached hydrogens (primary N) is 1. The summed E-state index contributed by atoms with van der Waals surface area (Å²) in [7, 11) is 0. The van der Waals surface area contributed by atoms with E-state index in [1.165, 1.54) is 18.6 Å². The second-order valence-corrected chi connectivity index (χ2v) is 6.55. The minimum absolute atomic E-state index is 0. The van der Waals surface area contributed by atoms with Crippen molar-refractivity contribution in [3.8, 4) is 0 Å². The van der Waals surface area contributed by atoms with Gasteiger partial charge < -0.3 is 11.1 Å². The molecule has 128 valence electrons. The number of carbonyl (C=O) groups is 1. The predicted molar refractivity (Wildman–Crippen MR) is 94.9 cm³/mol. The molecule has 1 unspecified atom stereocenters. The molecule has 8 heteroatoms. The second kappa shape index (κ2) is 9.20. The first kappa shape index (κ1) is 19.9. The van der Waals surface area contributed by atoms with E-state index < -0.39 is 10.8 Å². The molecular weight excluding hydrogens is 386 g/mol. The topological polar surface area (TPSA) is 98.3 Å². The van der Waals surface area contributed by atoms with Crippen LogP contribution < -0.4 is 11.1 Å². The second-order valence-electron chi connectivity index (χ2n) is 5.63. The van der Waals surface area contributed by atoms with E-state index in [4.69, 9.17) is 5.73 Å². The van der Waals surface area contributed by atoms with Crippen LogP contribution in [-0.4, -0.2) is 23.4 Å². The molecule has 1 fully saturated rings. The van der Waals surface area contributed by atoms with Crippen LogP contribution in [0.4, 0.5) is 5.69 Å². The Hall–Kier alpha value is -1.18. The highest BCUT2D eigenvalue weighted by Crippen LogP contribution is 2.27. The van der Waals surface area contributed by atoms with Gasteiger partial charge >= 0.3 is 0 Å². The smallest absolute Gasteiger partial charge is 0.283 e. The number of nitrogens with zero attached hydrogens (tertiary/aromatic N) is 1. The Morgan fingerprint density at radius 1 is 1.39 bits per heavy atom. The number of benzene rings is 1. The molecule has 0 aromatic heterocycles. The average Bonchev–Trinajstić information content (AvgIpc) is 2.53. The minimum atomic E-state index is -0.544. The third kappa shape index (κ3) is 5.16. The van der Waals surface area contributed by atoms with Crippen LogP contribution in [0.1, 0.15) is 42.5 Å². The van der Waals surface area contributed by atoms with Crippen LogP contribution in [0.2, 0.25) is 0 Å². The summed E-state index contributed by atoms with van der Waals surface area (Å²) in [5.74, 6) is -0.0718. The number of nitro groups is 1. The molecule has 3 N–H and O–H groups in total. The van der Waals surface area contributed by atoms with Crippen LogP contribution in [0.5, 0.6) is 0 Å². The Labute approximate surface area is 149 Å². The van der Waals surface area contributed by atoms with E-state index in [2.05, 4.69) is 21.2 Å². The zero-order valence-corrected chi connectivity index (χ0v) is 15.1. The number of hydrogen-bond donors (Lipinski definition) is 2. The highest BCUT2D eigenvalue weighted by atomic mass is 79.9. The van der Waals surface area contributed by atoms with Crippen LogP contribution >= 0.6 is 28.3 Å². The van der Waals surface area contributed by atoms with Crippen LogP contribution in [0, 0.1) is 16.0 Å². The maximum Gasteiger partial charge on any atom is 0.283 e. The molecule has 23 heavy (non-hydrogen) atoms. The number of nitro benzene ring substituents is 1. The predicted octanol–water partition coefficient (Wildman–Crippen LogP) is 3.42. The molecule has 1 aromatic rings. The molecule has 1 aromatic carbocycles. The highest BCUT2D eigenvalue weighted by Gasteiger charge is 2.27. The van der Waals surface area contributed by atoms with Gasteiger partial charge in [-0.3, -0.25) is 14.9 Å². The maximum absolute atomic E-state index is 12.4. The molecule has 0 bridgehead atoms. The van der Waals surface area contributed by atoms with Crippen molar-refractivity contribution in [1.29, 1.82) is 0 Å². The molecule has 0 spiro atoms. The SMILES string of the molecule is Cl.NCC(NC(=O)c1ccc(Br)cc1[N+](=O)[O-])C1CCCCC1. The highest BCUT2D eigenvalue weighted by molar-refractivity contribution is 9.10. The van der Waals surface area contributed by atoms with Gasteiger partial charge in [-0.15, -0.1) is 12.4 Å². The quantitative estimate of drug-likeness (QED) is 0.578. The van der Waals surface area contributed by atoms with Crippen molar-refractivity contribution in [3.05, 3.63) is 38.3 Å². The Bertz CT molecular complexity index is 565. The summed E-state index contributed by atoms with van der Waals surface area (Å²) in [6, 6.07) is 4.30. The third-order valence-electron chi connectivity index (χ3n) is 4.19. The van der Waals surface area contributed by atoms with E-state index in [0.717, 1.165) is 25.7 Å². The Morgan fingerprint density at radius 3 is 2.61 bits per heavy atom. The van der Waals surface area contributed by atoms with E-state index in [0.29, 0.717) is 16.9 Å². The number of hydrogen-bond acceptors (Lipinski definition) is 4. The average molecular weight is 407 g/mol. The molecule has 1 amide bonds. The first-order valence-corrected chi connectivity index (χ1v) is 8.27. The van der Waals surface area contributed by atoms with Crippen LogP contribution in [0.25, 0.3) is 0 Å². The van der Waals surface area contributed by atoms with Gasteiger partial charge in [-0.1, -0.05) is 35.2 Å². The normalized spacial score (nSPS) is 16.3. The van der Waals surface area contributed by atoms with Crippen molar-refractivity contribution < 1.29 is 9.72 Å². The van der Waals surface area contributed by atoms with E-state index >= 15 is 0 Å². The Morgan fingerprint density at radius 2 is 2.04 bits per heavy atom. The molecular formula is C15H21BrClN3O3. The summed E-state index contributed by atoms with van der Waals surface area (Å²) in [6.07, 6.45) is 5.61. The van der Waals surface area contributed by atoms with Gasteiger partial charge in [-0.2, -0.15) is 0 Å². The zero-order valence-electron chi connectivity index (χ0n) is 12.7. The van der Waals surface area contributed by atoms with Crippen molar-refractivity contribution in [3.63, 3.8) is 0 Å². The number of nitrogens with one attached hydrogen (secondary N) is 1. The largest absolute Gasteiger partial charge is 0.348 e. The maximum atomic E-state index is 12.4. The van der Waals surface area contributed by atoms with Crippen LogP contribution in [0.15, 0.2) is 22.7 Å². The molecule has 2 rings (SSSR count). The van der Waals surface area contributed by atoms with Crippen molar-refractivity contribution >= 4 is 39.9 Å². The van der Waals surface area contributed by atoms with E-state index in [9.17, 15) is 14.9 Å². The summed E-state index contributed by atoms with van der Waals surface area (Å²) in [5.41, 5.74) is 5.67. The Balaban J connectivity index is 0.00000264. The summed E-state index contributed by atoms with van der Waals surface area (Å²) in [5, 5.41) is 14.0.